The Bertz CT molecular complexity index is 532. The van der Waals surface area contributed by atoms with Gasteiger partial charge in [0.25, 0.3) is 5.91 Å². The van der Waals surface area contributed by atoms with Crippen molar-refractivity contribution >= 4 is 17.8 Å². The van der Waals surface area contributed by atoms with Gasteiger partial charge in [-0.15, -0.1) is 0 Å². The van der Waals surface area contributed by atoms with Crippen LogP contribution in [-0.4, -0.2) is 50.0 Å². The van der Waals surface area contributed by atoms with Gasteiger partial charge in [0.2, 0.25) is 5.91 Å². The lowest BCUT2D eigenvalue weighted by atomic mass is 10.1. The number of carbonyl (C=O) groups is 2. The van der Waals surface area contributed by atoms with Crippen molar-refractivity contribution in [3.05, 3.63) is 24.2 Å². The van der Waals surface area contributed by atoms with Crippen molar-refractivity contribution in [1.29, 1.82) is 0 Å². The summed E-state index contributed by atoms with van der Waals surface area (Å²) in [6.45, 7) is 6.73. The van der Waals surface area contributed by atoms with Crippen molar-refractivity contribution in [2.24, 2.45) is 4.99 Å². The first kappa shape index (κ1) is 18.5. The third-order valence-electron chi connectivity index (χ3n) is 2.60. The summed E-state index contributed by atoms with van der Waals surface area (Å²) in [6, 6.07) is 3.25. The van der Waals surface area contributed by atoms with E-state index in [9.17, 15) is 9.59 Å². The van der Waals surface area contributed by atoms with Crippen LogP contribution in [0.2, 0.25) is 0 Å². The Morgan fingerprint density at radius 3 is 2.43 bits per heavy atom. The Kier molecular flexibility index (Phi) is 7.11. The molecule has 0 bridgehead atoms. The van der Waals surface area contributed by atoms with Gasteiger partial charge >= 0.3 is 0 Å². The summed E-state index contributed by atoms with van der Waals surface area (Å²) in [5, 5.41) is 11.5. The van der Waals surface area contributed by atoms with E-state index < -0.39 is 0 Å². The number of amides is 2. The molecule has 1 rings (SSSR count). The first-order valence-electron chi connectivity index (χ1n) is 7.39. The SMILES string of the molecule is CN=C(NCCNC(=O)c1ccco1)NCC(=O)NC(C)(C)C. The normalized spacial score (nSPS) is 11.7. The van der Waals surface area contributed by atoms with E-state index in [1.807, 2.05) is 20.8 Å². The van der Waals surface area contributed by atoms with Crippen LogP contribution in [-0.2, 0) is 4.79 Å². The minimum atomic E-state index is -0.274. The van der Waals surface area contributed by atoms with Gasteiger partial charge in [0, 0.05) is 25.7 Å². The molecule has 2 amide bonds. The quantitative estimate of drug-likeness (QED) is 0.337. The predicted molar refractivity (Wildman–Crippen MR) is 88.3 cm³/mol. The first-order chi connectivity index (χ1) is 10.8. The Morgan fingerprint density at radius 1 is 1.17 bits per heavy atom. The summed E-state index contributed by atoms with van der Waals surface area (Å²) in [6.07, 6.45) is 1.45. The van der Waals surface area contributed by atoms with Crippen LogP contribution in [0.4, 0.5) is 0 Å². The zero-order chi connectivity index (χ0) is 17.3. The Hall–Kier alpha value is -2.51. The van der Waals surface area contributed by atoms with E-state index in [1.54, 1.807) is 19.2 Å². The number of hydrogen-bond donors (Lipinski definition) is 4. The highest BCUT2D eigenvalue weighted by Crippen LogP contribution is 1.98. The molecule has 0 unspecified atom stereocenters. The largest absolute Gasteiger partial charge is 0.459 e. The Balaban J connectivity index is 2.22. The summed E-state index contributed by atoms with van der Waals surface area (Å²) >= 11 is 0. The molecule has 0 aliphatic carbocycles. The molecule has 0 fully saturated rings. The smallest absolute Gasteiger partial charge is 0.287 e. The maximum Gasteiger partial charge on any atom is 0.287 e. The van der Waals surface area contributed by atoms with Crippen LogP contribution in [0.15, 0.2) is 27.8 Å². The summed E-state index contributed by atoms with van der Waals surface area (Å²) < 4.78 is 4.99. The highest BCUT2D eigenvalue weighted by molar-refractivity contribution is 5.91. The summed E-state index contributed by atoms with van der Waals surface area (Å²) in [5.74, 6) is 0.364. The molecule has 1 heterocycles. The van der Waals surface area contributed by atoms with Crippen LogP contribution < -0.4 is 21.3 Å². The van der Waals surface area contributed by atoms with E-state index in [4.69, 9.17) is 4.42 Å². The number of furan rings is 1. The van der Waals surface area contributed by atoms with Crippen molar-refractivity contribution in [1.82, 2.24) is 21.3 Å². The summed E-state index contributed by atoms with van der Waals surface area (Å²) in [5.41, 5.74) is -0.272. The van der Waals surface area contributed by atoms with Gasteiger partial charge in [-0.05, 0) is 32.9 Å². The van der Waals surface area contributed by atoms with E-state index in [2.05, 4.69) is 26.3 Å². The molecular weight excluding hydrogens is 298 g/mol. The molecule has 1 aromatic rings. The fourth-order valence-electron chi connectivity index (χ4n) is 1.70. The molecule has 0 spiro atoms. The lowest BCUT2D eigenvalue weighted by molar-refractivity contribution is -0.121. The molecule has 1 aromatic heterocycles. The lowest BCUT2D eigenvalue weighted by Gasteiger charge is -2.21. The minimum absolute atomic E-state index is 0.119. The molecule has 4 N–H and O–H groups in total. The molecule has 0 saturated heterocycles. The van der Waals surface area contributed by atoms with E-state index in [0.29, 0.717) is 19.0 Å². The number of rotatable bonds is 6. The highest BCUT2D eigenvalue weighted by Gasteiger charge is 2.13. The Labute approximate surface area is 136 Å². The fraction of sp³-hybridized carbons (Fsp3) is 0.533. The highest BCUT2D eigenvalue weighted by atomic mass is 16.3. The second-order valence-corrected chi connectivity index (χ2v) is 5.88. The van der Waals surface area contributed by atoms with Crippen LogP contribution in [0.1, 0.15) is 31.3 Å². The second kappa shape index (κ2) is 8.82. The molecule has 128 valence electrons. The zero-order valence-electron chi connectivity index (χ0n) is 14.0. The monoisotopic (exact) mass is 323 g/mol. The van der Waals surface area contributed by atoms with Crippen LogP contribution in [0.3, 0.4) is 0 Å². The molecule has 0 atom stereocenters. The maximum absolute atomic E-state index is 11.7. The number of carbonyl (C=O) groups excluding carboxylic acids is 2. The van der Waals surface area contributed by atoms with Crippen LogP contribution in [0.25, 0.3) is 0 Å². The predicted octanol–water partition coefficient (Wildman–Crippen LogP) is 0.0891. The molecule has 0 saturated carbocycles. The molecule has 23 heavy (non-hydrogen) atoms. The Morgan fingerprint density at radius 2 is 1.87 bits per heavy atom. The number of nitrogens with zero attached hydrogens (tertiary/aromatic N) is 1. The fourth-order valence-corrected chi connectivity index (χ4v) is 1.70. The molecular formula is C15H25N5O3. The number of aliphatic imine (C=N–C) groups is 1. The first-order valence-corrected chi connectivity index (χ1v) is 7.39. The van der Waals surface area contributed by atoms with Crippen LogP contribution >= 0.6 is 0 Å². The van der Waals surface area contributed by atoms with Gasteiger partial charge < -0.3 is 25.7 Å². The van der Waals surface area contributed by atoms with Crippen molar-refractivity contribution in [3.8, 4) is 0 Å². The molecule has 0 radical (unpaired) electrons. The average Bonchev–Trinajstić information content (AvgIpc) is 2.98. The van der Waals surface area contributed by atoms with E-state index in [-0.39, 0.29) is 29.7 Å². The van der Waals surface area contributed by atoms with Crippen molar-refractivity contribution in [3.63, 3.8) is 0 Å². The summed E-state index contributed by atoms with van der Waals surface area (Å²) in [4.78, 5) is 27.3. The van der Waals surface area contributed by atoms with Gasteiger partial charge in [0.15, 0.2) is 11.7 Å². The average molecular weight is 323 g/mol. The maximum atomic E-state index is 11.7. The van der Waals surface area contributed by atoms with Gasteiger partial charge in [-0.3, -0.25) is 14.6 Å². The molecule has 0 aliphatic heterocycles. The van der Waals surface area contributed by atoms with Crippen LogP contribution in [0, 0.1) is 0 Å². The summed E-state index contributed by atoms with van der Waals surface area (Å²) in [7, 11) is 1.61. The number of guanidine groups is 1. The zero-order valence-corrected chi connectivity index (χ0v) is 14.0. The van der Waals surface area contributed by atoms with E-state index >= 15 is 0 Å². The molecule has 8 heteroatoms. The van der Waals surface area contributed by atoms with E-state index in [0.717, 1.165) is 0 Å². The lowest BCUT2D eigenvalue weighted by Crippen LogP contribution is -2.48. The van der Waals surface area contributed by atoms with E-state index in [1.165, 1.54) is 6.26 Å². The van der Waals surface area contributed by atoms with Crippen molar-refractivity contribution in [2.45, 2.75) is 26.3 Å². The second-order valence-electron chi connectivity index (χ2n) is 5.88. The third-order valence-corrected chi connectivity index (χ3v) is 2.60. The number of nitrogens with one attached hydrogen (secondary N) is 4. The van der Waals surface area contributed by atoms with Gasteiger partial charge in [0.1, 0.15) is 0 Å². The minimum Gasteiger partial charge on any atom is -0.459 e. The van der Waals surface area contributed by atoms with Gasteiger partial charge in [-0.2, -0.15) is 0 Å². The third kappa shape index (κ3) is 7.89. The van der Waals surface area contributed by atoms with Gasteiger partial charge in [-0.25, -0.2) is 0 Å². The van der Waals surface area contributed by atoms with Crippen molar-refractivity contribution in [2.75, 3.05) is 26.7 Å². The molecule has 0 aromatic carbocycles. The molecule has 8 nitrogen and oxygen atoms in total. The number of hydrogen-bond acceptors (Lipinski definition) is 4. The van der Waals surface area contributed by atoms with Crippen LogP contribution in [0.5, 0.6) is 0 Å². The van der Waals surface area contributed by atoms with Gasteiger partial charge in [0.05, 0.1) is 12.8 Å². The molecule has 0 aliphatic rings. The van der Waals surface area contributed by atoms with Gasteiger partial charge in [-0.1, -0.05) is 0 Å². The standard InChI is InChI=1S/C15H25N5O3/c1-15(2,3)20-12(21)10-19-14(16-4)18-8-7-17-13(22)11-6-5-9-23-11/h5-6,9H,7-8,10H2,1-4H3,(H,17,22)(H,20,21)(H2,16,18,19). The topological polar surface area (TPSA) is 108 Å². The van der Waals surface area contributed by atoms with Crippen molar-refractivity contribution < 1.29 is 14.0 Å².